The highest BCUT2D eigenvalue weighted by Crippen LogP contribution is 2.45. The smallest absolute Gasteiger partial charge is 0.259 e. The van der Waals surface area contributed by atoms with Crippen molar-refractivity contribution in [2.75, 3.05) is 5.32 Å². The fourth-order valence-electron chi connectivity index (χ4n) is 4.18. The van der Waals surface area contributed by atoms with Gasteiger partial charge in [-0.3, -0.25) is 4.79 Å². The van der Waals surface area contributed by atoms with Crippen LogP contribution in [0.4, 0.5) is 10.7 Å². The molecule has 1 heterocycles. The van der Waals surface area contributed by atoms with Crippen LogP contribution in [0.15, 0.2) is 41.4 Å². The maximum atomic E-state index is 13.4. The Morgan fingerprint density at radius 3 is 2.59 bits per heavy atom. The molecule has 0 saturated carbocycles. The number of anilines is 1. The monoisotopic (exact) mass is 626 g/mol. The Kier molecular flexibility index (Phi) is 7.62. The third kappa shape index (κ3) is 5.61. The van der Waals surface area contributed by atoms with E-state index >= 15 is 0 Å². The van der Waals surface area contributed by atoms with Gasteiger partial charge in [0.1, 0.15) is 10.8 Å². The van der Waals surface area contributed by atoms with Gasteiger partial charge >= 0.3 is 0 Å². The highest BCUT2D eigenvalue weighted by molar-refractivity contribution is 14.1. The van der Waals surface area contributed by atoms with Gasteiger partial charge in [0.2, 0.25) is 0 Å². The molecule has 0 fully saturated rings. The van der Waals surface area contributed by atoms with Gasteiger partial charge in [0.25, 0.3) is 5.91 Å². The summed E-state index contributed by atoms with van der Waals surface area (Å²) in [5, 5.41) is 15.2. The maximum absolute atomic E-state index is 13.4. The lowest BCUT2D eigenvalue weighted by molar-refractivity contribution is 0.102. The average Bonchev–Trinajstić information content (AvgIpc) is 3.14. The van der Waals surface area contributed by atoms with Crippen molar-refractivity contribution < 1.29 is 9.90 Å². The number of phenols is 1. The van der Waals surface area contributed by atoms with Crippen molar-refractivity contribution >= 4 is 79.9 Å². The van der Waals surface area contributed by atoms with E-state index in [9.17, 15) is 9.90 Å². The summed E-state index contributed by atoms with van der Waals surface area (Å²) >= 11 is 15.8. The van der Waals surface area contributed by atoms with Crippen LogP contribution in [0, 0.1) is 14.9 Å². The summed E-state index contributed by atoms with van der Waals surface area (Å²) in [7, 11) is 0. The number of nitrogens with zero attached hydrogens (tertiary/aromatic N) is 1. The van der Waals surface area contributed by atoms with Crippen molar-refractivity contribution in [3.8, 4) is 5.75 Å². The molecule has 8 heteroatoms. The molecule has 1 aromatic heterocycles. The number of carbonyl (C=O) groups excluding carboxylic acids is 1. The predicted molar refractivity (Wildman–Crippen MR) is 152 cm³/mol. The van der Waals surface area contributed by atoms with Crippen molar-refractivity contribution in [3.05, 3.63) is 71.6 Å². The standard InChI is InChI=1S/C26H25Cl2IN2O2S/c1-26(2,3)15-4-9-19-21(11-15)34-25(30-13-14-10-17(28)12-20(29)23(14)32)22(19)24(33)31-18-7-5-16(27)6-8-18/h5-8,10,12-13,15,32H,4,9,11H2,1-3H3,(H,31,33)/t15-/m1/s1. The van der Waals surface area contributed by atoms with Gasteiger partial charge in [-0.05, 0) is 95.1 Å². The summed E-state index contributed by atoms with van der Waals surface area (Å²) < 4.78 is 0.644. The van der Waals surface area contributed by atoms with Gasteiger partial charge in [0.15, 0.2) is 0 Å². The number of carbonyl (C=O) groups is 1. The lowest BCUT2D eigenvalue weighted by atomic mass is 9.72. The Morgan fingerprint density at radius 1 is 1.21 bits per heavy atom. The number of phenolic OH excluding ortho intramolecular Hbond substituents is 1. The van der Waals surface area contributed by atoms with E-state index in [1.54, 1.807) is 53.9 Å². The first kappa shape index (κ1) is 25.5. The Morgan fingerprint density at radius 2 is 1.91 bits per heavy atom. The first-order valence-corrected chi connectivity index (χ1v) is 13.6. The molecular weight excluding hydrogens is 602 g/mol. The molecule has 0 unspecified atom stereocenters. The normalized spacial score (nSPS) is 16.0. The van der Waals surface area contributed by atoms with Gasteiger partial charge in [-0.2, -0.15) is 0 Å². The molecule has 0 saturated heterocycles. The minimum absolute atomic E-state index is 0.120. The Balaban J connectivity index is 1.73. The predicted octanol–water partition coefficient (Wildman–Crippen LogP) is 8.52. The molecule has 4 rings (SSSR count). The largest absolute Gasteiger partial charge is 0.506 e. The van der Waals surface area contributed by atoms with E-state index in [1.165, 1.54) is 4.88 Å². The van der Waals surface area contributed by atoms with Crippen LogP contribution in [0.3, 0.4) is 0 Å². The van der Waals surface area contributed by atoms with E-state index in [-0.39, 0.29) is 17.1 Å². The number of hydrogen-bond donors (Lipinski definition) is 2. The summed E-state index contributed by atoms with van der Waals surface area (Å²) in [6, 6.07) is 10.4. The quantitative estimate of drug-likeness (QED) is 0.225. The van der Waals surface area contributed by atoms with Crippen LogP contribution in [-0.4, -0.2) is 17.2 Å². The summed E-state index contributed by atoms with van der Waals surface area (Å²) in [5.41, 5.74) is 3.07. The number of halogens is 3. The van der Waals surface area contributed by atoms with Crippen LogP contribution in [0.25, 0.3) is 0 Å². The van der Waals surface area contributed by atoms with Gasteiger partial charge in [0, 0.05) is 32.4 Å². The zero-order valence-electron chi connectivity index (χ0n) is 19.1. The molecule has 2 N–H and O–H groups in total. The third-order valence-electron chi connectivity index (χ3n) is 6.18. The maximum Gasteiger partial charge on any atom is 0.259 e. The SMILES string of the molecule is CC(C)(C)[C@@H]1CCc2c(sc(N=Cc3cc(Cl)cc(I)c3O)c2C(=O)Nc2ccc(Cl)cc2)C1. The second kappa shape index (κ2) is 10.2. The second-order valence-electron chi connectivity index (χ2n) is 9.53. The Labute approximate surface area is 227 Å². The van der Waals surface area contributed by atoms with Crippen LogP contribution < -0.4 is 5.32 Å². The van der Waals surface area contributed by atoms with E-state index in [4.69, 9.17) is 23.2 Å². The number of thiophene rings is 1. The lowest BCUT2D eigenvalue weighted by Crippen LogP contribution is -2.27. The molecule has 0 radical (unpaired) electrons. The minimum atomic E-state index is -0.189. The molecule has 178 valence electrons. The van der Waals surface area contributed by atoms with E-state index in [0.717, 1.165) is 24.8 Å². The minimum Gasteiger partial charge on any atom is -0.506 e. The Hall–Kier alpha value is -1.61. The van der Waals surface area contributed by atoms with E-state index in [2.05, 4.69) is 31.1 Å². The number of fused-ring (bicyclic) bond motifs is 1. The van der Waals surface area contributed by atoms with Crippen LogP contribution in [0.1, 0.15) is 53.6 Å². The van der Waals surface area contributed by atoms with Crippen molar-refractivity contribution in [1.82, 2.24) is 0 Å². The van der Waals surface area contributed by atoms with Gasteiger partial charge in [-0.25, -0.2) is 4.99 Å². The molecule has 0 aliphatic heterocycles. The second-order valence-corrected chi connectivity index (χ2v) is 12.7. The molecule has 34 heavy (non-hydrogen) atoms. The number of amides is 1. The van der Waals surface area contributed by atoms with Crippen LogP contribution in [0.2, 0.25) is 10.0 Å². The number of hydrogen-bond acceptors (Lipinski definition) is 4. The number of rotatable bonds is 4. The van der Waals surface area contributed by atoms with Crippen LogP contribution in [-0.2, 0) is 12.8 Å². The van der Waals surface area contributed by atoms with Crippen molar-refractivity contribution in [3.63, 3.8) is 0 Å². The number of aliphatic imine (C=N–C) groups is 1. The molecule has 2 aromatic carbocycles. The van der Waals surface area contributed by atoms with Crippen molar-refractivity contribution in [1.29, 1.82) is 0 Å². The lowest BCUT2D eigenvalue weighted by Gasteiger charge is -2.33. The Bertz CT molecular complexity index is 1260. The molecule has 0 spiro atoms. The molecule has 3 aromatic rings. The van der Waals surface area contributed by atoms with Gasteiger partial charge < -0.3 is 10.4 Å². The van der Waals surface area contributed by atoms with Gasteiger partial charge in [-0.15, -0.1) is 11.3 Å². The van der Waals surface area contributed by atoms with E-state index in [0.29, 0.717) is 41.3 Å². The molecule has 4 nitrogen and oxygen atoms in total. The molecule has 0 bridgehead atoms. The van der Waals surface area contributed by atoms with Crippen molar-refractivity contribution in [2.45, 2.75) is 40.0 Å². The van der Waals surface area contributed by atoms with Gasteiger partial charge in [0.05, 0.1) is 9.13 Å². The molecule has 1 aliphatic rings. The average molecular weight is 627 g/mol. The summed E-state index contributed by atoms with van der Waals surface area (Å²) in [4.78, 5) is 19.3. The van der Waals surface area contributed by atoms with E-state index in [1.807, 2.05) is 22.6 Å². The van der Waals surface area contributed by atoms with Crippen molar-refractivity contribution in [2.24, 2.45) is 16.3 Å². The number of aromatic hydroxyl groups is 1. The first-order valence-electron chi connectivity index (χ1n) is 11.0. The summed E-state index contributed by atoms with van der Waals surface area (Å²) in [5.74, 6) is 0.474. The molecular formula is C26H25Cl2IN2O2S. The first-order chi connectivity index (χ1) is 16.0. The topological polar surface area (TPSA) is 61.7 Å². The number of benzene rings is 2. The molecule has 1 atom stereocenters. The molecule has 1 aliphatic carbocycles. The highest BCUT2D eigenvalue weighted by atomic mass is 127. The van der Waals surface area contributed by atoms with Crippen LogP contribution >= 0.6 is 57.1 Å². The zero-order chi connectivity index (χ0) is 24.6. The van der Waals surface area contributed by atoms with Gasteiger partial charge in [-0.1, -0.05) is 44.0 Å². The number of nitrogens with one attached hydrogen (secondary N) is 1. The molecule has 1 amide bonds. The summed E-state index contributed by atoms with van der Waals surface area (Å²) in [6.07, 6.45) is 4.39. The zero-order valence-corrected chi connectivity index (χ0v) is 23.6. The van der Waals surface area contributed by atoms with E-state index < -0.39 is 0 Å². The fraction of sp³-hybridized carbons (Fsp3) is 0.308. The van der Waals surface area contributed by atoms with Crippen LogP contribution in [0.5, 0.6) is 5.75 Å². The highest BCUT2D eigenvalue weighted by Gasteiger charge is 2.33. The summed E-state index contributed by atoms with van der Waals surface area (Å²) in [6.45, 7) is 6.81. The fourth-order valence-corrected chi connectivity index (χ4v) is 6.63. The third-order valence-corrected chi connectivity index (χ3v) is 8.63.